The van der Waals surface area contributed by atoms with Crippen molar-refractivity contribution in [2.24, 2.45) is 0 Å². The second-order valence-corrected chi connectivity index (χ2v) is 3.94. The number of carbonyl (C=O) groups excluding carboxylic acids is 1. The molecule has 98 valence electrons. The van der Waals surface area contributed by atoms with Crippen LogP contribution in [-0.2, 0) is 9.63 Å². The van der Waals surface area contributed by atoms with Crippen LogP contribution in [0.3, 0.4) is 0 Å². The largest absolute Gasteiger partial charge is 0.479 e. The highest BCUT2D eigenvalue weighted by Crippen LogP contribution is 2.19. The molecule has 1 rings (SSSR count). The Kier molecular flexibility index (Phi) is 4.67. The van der Waals surface area contributed by atoms with Crippen molar-refractivity contribution in [3.8, 4) is 0 Å². The van der Waals surface area contributed by atoms with Gasteiger partial charge in [0, 0.05) is 12.7 Å². The van der Waals surface area contributed by atoms with Gasteiger partial charge in [-0.1, -0.05) is 17.7 Å². The number of amides is 2. The molecule has 6 heteroatoms. The third-order valence-corrected chi connectivity index (χ3v) is 2.37. The minimum Gasteiger partial charge on any atom is -0.479 e. The summed E-state index contributed by atoms with van der Waals surface area (Å²) in [6.07, 6.45) is 0. The van der Waals surface area contributed by atoms with E-state index in [0.717, 1.165) is 16.8 Å². The van der Waals surface area contributed by atoms with Crippen molar-refractivity contribution in [3.05, 3.63) is 29.3 Å². The van der Waals surface area contributed by atoms with Gasteiger partial charge in [0.25, 0.3) is 0 Å². The van der Waals surface area contributed by atoms with Gasteiger partial charge >= 0.3 is 12.0 Å². The summed E-state index contributed by atoms with van der Waals surface area (Å²) in [5.74, 6) is -1.15. The first-order valence-electron chi connectivity index (χ1n) is 5.36. The fraction of sp³-hybridized carbons (Fsp3) is 0.333. The van der Waals surface area contributed by atoms with Crippen molar-refractivity contribution in [2.45, 2.75) is 13.8 Å². The van der Waals surface area contributed by atoms with Crippen LogP contribution in [0.25, 0.3) is 0 Å². The molecule has 0 fully saturated rings. The average molecular weight is 252 g/mol. The Hall–Kier alpha value is -2.08. The Morgan fingerprint density at radius 3 is 2.61 bits per heavy atom. The van der Waals surface area contributed by atoms with Gasteiger partial charge in [-0.3, -0.25) is 9.74 Å². The molecular weight excluding hydrogens is 236 g/mol. The second-order valence-electron chi connectivity index (χ2n) is 3.94. The van der Waals surface area contributed by atoms with E-state index in [1.165, 1.54) is 4.90 Å². The molecular formula is C12H16N2O4. The Bertz CT molecular complexity index is 459. The number of rotatable bonds is 4. The van der Waals surface area contributed by atoms with Crippen molar-refractivity contribution in [3.63, 3.8) is 0 Å². The number of hydrogen-bond acceptors (Lipinski definition) is 3. The molecule has 6 nitrogen and oxygen atoms in total. The summed E-state index contributed by atoms with van der Waals surface area (Å²) in [4.78, 5) is 27.8. The molecule has 0 atom stereocenters. The van der Waals surface area contributed by atoms with E-state index in [0.29, 0.717) is 0 Å². The third-order valence-electron chi connectivity index (χ3n) is 2.37. The summed E-state index contributed by atoms with van der Waals surface area (Å²) < 4.78 is 0. The topological polar surface area (TPSA) is 78.9 Å². The molecule has 0 saturated heterocycles. The molecule has 1 aromatic rings. The quantitative estimate of drug-likeness (QED) is 0.795. The van der Waals surface area contributed by atoms with E-state index >= 15 is 0 Å². The Morgan fingerprint density at radius 2 is 2.06 bits per heavy atom. The second kappa shape index (κ2) is 6.02. The van der Waals surface area contributed by atoms with Gasteiger partial charge in [-0.05, 0) is 25.5 Å². The predicted octanol–water partition coefficient (Wildman–Crippen LogP) is 1.47. The van der Waals surface area contributed by atoms with Gasteiger partial charge in [0.05, 0.1) is 0 Å². The molecule has 0 heterocycles. The van der Waals surface area contributed by atoms with Crippen LogP contribution in [0.5, 0.6) is 0 Å². The van der Waals surface area contributed by atoms with Crippen LogP contribution in [0.15, 0.2) is 18.2 Å². The van der Waals surface area contributed by atoms with E-state index in [1.807, 2.05) is 32.0 Å². The fourth-order valence-corrected chi connectivity index (χ4v) is 1.52. The number of carbonyl (C=O) groups is 2. The van der Waals surface area contributed by atoms with Crippen LogP contribution in [-0.4, -0.2) is 30.8 Å². The summed E-state index contributed by atoms with van der Waals surface area (Å²) in [7, 11) is 1.58. The van der Waals surface area contributed by atoms with Crippen molar-refractivity contribution in [1.29, 1.82) is 0 Å². The zero-order valence-corrected chi connectivity index (χ0v) is 10.6. The van der Waals surface area contributed by atoms with Crippen molar-refractivity contribution < 1.29 is 19.5 Å². The molecule has 0 aliphatic rings. The van der Waals surface area contributed by atoms with Crippen molar-refractivity contribution >= 4 is 17.7 Å². The van der Waals surface area contributed by atoms with E-state index < -0.39 is 18.6 Å². The zero-order chi connectivity index (χ0) is 13.7. The number of nitrogens with one attached hydrogen (secondary N) is 1. The lowest BCUT2D eigenvalue weighted by Crippen LogP contribution is -2.38. The van der Waals surface area contributed by atoms with E-state index in [-0.39, 0.29) is 0 Å². The maximum absolute atomic E-state index is 11.7. The Balaban J connectivity index is 2.65. The van der Waals surface area contributed by atoms with Crippen LogP contribution < -0.4 is 10.4 Å². The normalized spacial score (nSPS) is 9.94. The number of hydroxylamine groups is 1. The molecule has 0 aliphatic heterocycles. The summed E-state index contributed by atoms with van der Waals surface area (Å²) in [6, 6.07) is 5.14. The SMILES string of the molecule is Cc1ccc(N(C)C(=O)NOCC(=O)O)c(C)c1. The smallest absolute Gasteiger partial charge is 0.345 e. The molecule has 0 spiro atoms. The first-order chi connectivity index (χ1) is 8.41. The number of hydrogen-bond donors (Lipinski definition) is 2. The van der Waals surface area contributed by atoms with E-state index in [2.05, 4.69) is 10.3 Å². The first kappa shape index (κ1) is 14.0. The standard InChI is InChI=1S/C12H16N2O4/c1-8-4-5-10(9(2)6-8)14(3)12(17)13-18-7-11(15)16/h4-6H,7H2,1-3H3,(H,13,17)(H,15,16). The van der Waals surface area contributed by atoms with Crippen LogP contribution in [0, 0.1) is 13.8 Å². The van der Waals surface area contributed by atoms with Crippen molar-refractivity contribution in [1.82, 2.24) is 5.48 Å². The molecule has 18 heavy (non-hydrogen) atoms. The maximum Gasteiger partial charge on any atom is 0.345 e. The molecule has 0 radical (unpaired) electrons. The van der Waals surface area contributed by atoms with Gasteiger partial charge < -0.3 is 5.11 Å². The average Bonchev–Trinajstić information content (AvgIpc) is 2.27. The van der Waals surface area contributed by atoms with E-state index in [4.69, 9.17) is 5.11 Å². The van der Waals surface area contributed by atoms with Crippen molar-refractivity contribution in [2.75, 3.05) is 18.6 Å². The highest BCUT2D eigenvalue weighted by atomic mass is 16.7. The van der Waals surface area contributed by atoms with Gasteiger partial charge in [-0.15, -0.1) is 0 Å². The Labute approximate surface area is 105 Å². The van der Waals surface area contributed by atoms with Crippen LogP contribution in [0.1, 0.15) is 11.1 Å². The fourth-order valence-electron chi connectivity index (χ4n) is 1.52. The number of carboxylic acids is 1. The molecule has 0 bridgehead atoms. The van der Waals surface area contributed by atoms with Gasteiger partial charge in [0.1, 0.15) is 0 Å². The lowest BCUT2D eigenvalue weighted by atomic mass is 10.1. The molecule has 1 aromatic carbocycles. The number of aryl methyl sites for hydroxylation is 2. The molecule has 0 unspecified atom stereocenters. The number of benzene rings is 1. The minimum absolute atomic E-state index is 0.525. The lowest BCUT2D eigenvalue weighted by molar-refractivity contribution is -0.143. The number of anilines is 1. The predicted molar refractivity (Wildman–Crippen MR) is 66.4 cm³/mol. The van der Waals surface area contributed by atoms with E-state index in [9.17, 15) is 9.59 Å². The summed E-state index contributed by atoms with van der Waals surface area (Å²) in [6.45, 7) is 3.28. The highest BCUT2D eigenvalue weighted by Gasteiger charge is 2.13. The number of aliphatic carboxylic acids is 1. The summed E-state index contributed by atoms with van der Waals surface area (Å²) >= 11 is 0. The van der Waals surface area contributed by atoms with Gasteiger partial charge in [0.15, 0.2) is 6.61 Å². The third kappa shape index (κ3) is 3.74. The number of carboxylic acid groups (broad SMARTS) is 1. The van der Waals surface area contributed by atoms with Gasteiger partial charge in [-0.25, -0.2) is 15.1 Å². The molecule has 0 aromatic heterocycles. The van der Waals surface area contributed by atoms with Gasteiger partial charge in [0.2, 0.25) is 0 Å². The minimum atomic E-state index is -1.15. The summed E-state index contributed by atoms with van der Waals surface area (Å²) in [5, 5.41) is 8.37. The van der Waals surface area contributed by atoms with Crippen LogP contribution >= 0.6 is 0 Å². The molecule has 0 aliphatic carbocycles. The maximum atomic E-state index is 11.7. The zero-order valence-electron chi connectivity index (χ0n) is 10.6. The number of urea groups is 1. The van der Waals surface area contributed by atoms with Crippen LogP contribution in [0.2, 0.25) is 0 Å². The van der Waals surface area contributed by atoms with Gasteiger partial charge in [-0.2, -0.15) is 0 Å². The monoisotopic (exact) mass is 252 g/mol. The molecule has 2 amide bonds. The Morgan fingerprint density at radius 1 is 1.39 bits per heavy atom. The summed E-state index contributed by atoms with van der Waals surface area (Å²) in [5.41, 5.74) is 4.85. The number of nitrogens with zero attached hydrogens (tertiary/aromatic N) is 1. The van der Waals surface area contributed by atoms with E-state index in [1.54, 1.807) is 7.05 Å². The highest BCUT2D eigenvalue weighted by molar-refractivity contribution is 5.91. The molecule has 2 N–H and O–H groups in total. The molecule has 0 saturated carbocycles. The lowest BCUT2D eigenvalue weighted by Gasteiger charge is -2.19. The van der Waals surface area contributed by atoms with Crippen LogP contribution in [0.4, 0.5) is 10.5 Å². The first-order valence-corrected chi connectivity index (χ1v) is 5.36.